The Bertz CT molecular complexity index is 426. The van der Waals surface area contributed by atoms with E-state index in [-0.39, 0.29) is 11.9 Å². The molecule has 0 spiro atoms. The second kappa shape index (κ2) is 6.97. The van der Waals surface area contributed by atoms with Gasteiger partial charge in [0.2, 0.25) is 5.91 Å². The van der Waals surface area contributed by atoms with E-state index < -0.39 is 0 Å². The maximum absolute atomic E-state index is 11.6. The van der Waals surface area contributed by atoms with Crippen LogP contribution in [0.4, 0.5) is 5.69 Å². The van der Waals surface area contributed by atoms with Gasteiger partial charge in [-0.25, -0.2) is 0 Å². The molecule has 0 aliphatic rings. The first-order valence-electron chi connectivity index (χ1n) is 5.56. The Balaban J connectivity index is 2.68. The lowest BCUT2D eigenvalue weighted by Crippen LogP contribution is -2.35. The third kappa shape index (κ3) is 4.48. The summed E-state index contributed by atoms with van der Waals surface area (Å²) in [5.74, 6) is 0.0472. The van der Waals surface area contributed by atoms with Crippen molar-refractivity contribution >= 4 is 39.1 Å². The molecular weight excluding hydrogens is 318 g/mol. The largest absolute Gasteiger partial charge is 0.380 e. The number of anilines is 1. The molecule has 1 aromatic rings. The lowest BCUT2D eigenvalue weighted by molar-refractivity contribution is -0.128. The van der Waals surface area contributed by atoms with Gasteiger partial charge in [-0.15, -0.1) is 0 Å². The molecule has 1 atom stereocenters. The van der Waals surface area contributed by atoms with Gasteiger partial charge in [0.05, 0.1) is 5.02 Å². The number of nitrogens with zero attached hydrogens (tertiary/aromatic N) is 1. The number of rotatable bonds is 5. The van der Waals surface area contributed by atoms with Crippen LogP contribution in [0, 0.1) is 0 Å². The van der Waals surface area contributed by atoms with Crippen LogP contribution in [-0.4, -0.2) is 37.5 Å². The Morgan fingerprint density at radius 1 is 1.56 bits per heavy atom. The summed E-state index contributed by atoms with van der Waals surface area (Å²) in [4.78, 5) is 13.2. The molecule has 3 N–H and O–H groups in total. The fourth-order valence-corrected chi connectivity index (χ4v) is 1.90. The van der Waals surface area contributed by atoms with Gasteiger partial charge in [-0.05, 0) is 34.1 Å². The first-order chi connectivity index (χ1) is 8.43. The maximum atomic E-state index is 11.6. The molecule has 100 valence electrons. The van der Waals surface area contributed by atoms with E-state index in [0.29, 0.717) is 18.0 Å². The van der Waals surface area contributed by atoms with Crippen molar-refractivity contribution in [2.45, 2.75) is 12.5 Å². The number of benzene rings is 1. The van der Waals surface area contributed by atoms with Crippen LogP contribution in [-0.2, 0) is 4.79 Å². The van der Waals surface area contributed by atoms with Crippen LogP contribution in [0.5, 0.6) is 0 Å². The van der Waals surface area contributed by atoms with E-state index in [9.17, 15) is 4.79 Å². The predicted octanol–water partition coefficient (Wildman–Crippen LogP) is 2.32. The monoisotopic (exact) mass is 333 g/mol. The molecule has 1 aromatic carbocycles. The van der Waals surface area contributed by atoms with Crippen molar-refractivity contribution in [1.29, 1.82) is 0 Å². The molecule has 1 amide bonds. The molecule has 0 fully saturated rings. The fourth-order valence-electron chi connectivity index (χ4n) is 1.41. The average Bonchev–Trinajstić information content (AvgIpc) is 2.32. The maximum Gasteiger partial charge on any atom is 0.224 e. The van der Waals surface area contributed by atoms with Gasteiger partial charge in [0.15, 0.2) is 0 Å². The Hall–Kier alpha value is -0.780. The molecule has 0 radical (unpaired) electrons. The Kier molecular flexibility index (Phi) is 5.91. The molecule has 0 saturated carbocycles. The zero-order chi connectivity index (χ0) is 13.7. The van der Waals surface area contributed by atoms with E-state index in [2.05, 4.69) is 21.2 Å². The molecule has 4 nitrogen and oxygen atoms in total. The van der Waals surface area contributed by atoms with Crippen molar-refractivity contribution in [2.75, 3.05) is 26.0 Å². The minimum atomic E-state index is -0.0898. The second-order valence-corrected chi connectivity index (χ2v) is 5.46. The first-order valence-corrected chi connectivity index (χ1v) is 6.73. The van der Waals surface area contributed by atoms with Crippen LogP contribution in [0.3, 0.4) is 0 Å². The van der Waals surface area contributed by atoms with E-state index in [1.54, 1.807) is 25.1 Å². The van der Waals surface area contributed by atoms with E-state index in [1.165, 1.54) is 0 Å². The van der Waals surface area contributed by atoms with Gasteiger partial charge in [0.1, 0.15) is 0 Å². The minimum absolute atomic E-state index is 0.0472. The third-order valence-electron chi connectivity index (χ3n) is 2.49. The number of hydrogen-bond acceptors (Lipinski definition) is 3. The number of nitrogens with one attached hydrogen (secondary N) is 1. The zero-order valence-corrected chi connectivity index (χ0v) is 12.8. The topological polar surface area (TPSA) is 58.4 Å². The summed E-state index contributed by atoms with van der Waals surface area (Å²) in [5, 5.41) is 3.87. The molecule has 0 saturated heterocycles. The highest BCUT2D eigenvalue weighted by Gasteiger charge is 2.14. The van der Waals surface area contributed by atoms with Crippen molar-refractivity contribution in [3.05, 3.63) is 27.7 Å². The smallest absolute Gasteiger partial charge is 0.224 e. The summed E-state index contributed by atoms with van der Waals surface area (Å²) in [6.07, 6.45) is 0.365. The highest BCUT2D eigenvalue weighted by molar-refractivity contribution is 9.10. The third-order valence-corrected chi connectivity index (χ3v) is 3.71. The standard InChI is InChI=1S/C12H17BrClN3O/c1-17(2)12(18)6-9(7-15)16-8-3-4-11(14)10(13)5-8/h3-5,9,16H,6-7,15H2,1-2H3. The van der Waals surface area contributed by atoms with Crippen LogP contribution in [0.15, 0.2) is 22.7 Å². The van der Waals surface area contributed by atoms with Gasteiger partial charge in [0.25, 0.3) is 0 Å². The summed E-state index contributed by atoms with van der Waals surface area (Å²) < 4.78 is 0.809. The molecule has 0 bridgehead atoms. The van der Waals surface area contributed by atoms with Gasteiger partial charge in [-0.1, -0.05) is 11.6 Å². The highest BCUT2D eigenvalue weighted by atomic mass is 79.9. The highest BCUT2D eigenvalue weighted by Crippen LogP contribution is 2.26. The SMILES string of the molecule is CN(C)C(=O)CC(CN)Nc1ccc(Cl)c(Br)c1. The van der Waals surface area contributed by atoms with Gasteiger partial charge in [-0.3, -0.25) is 4.79 Å². The molecule has 1 rings (SSSR count). The van der Waals surface area contributed by atoms with Gasteiger partial charge >= 0.3 is 0 Å². The average molecular weight is 335 g/mol. The quantitative estimate of drug-likeness (QED) is 0.869. The van der Waals surface area contributed by atoms with Crippen molar-refractivity contribution in [2.24, 2.45) is 5.73 Å². The van der Waals surface area contributed by atoms with Gasteiger partial charge in [0, 0.05) is 43.3 Å². The molecule has 0 aromatic heterocycles. The Morgan fingerprint density at radius 2 is 2.22 bits per heavy atom. The van der Waals surface area contributed by atoms with Crippen molar-refractivity contribution in [3.63, 3.8) is 0 Å². The number of carbonyl (C=O) groups is 1. The summed E-state index contributed by atoms with van der Waals surface area (Å²) >= 11 is 9.27. The lowest BCUT2D eigenvalue weighted by atomic mass is 10.1. The Morgan fingerprint density at radius 3 is 2.72 bits per heavy atom. The van der Waals surface area contributed by atoms with Crippen LogP contribution < -0.4 is 11.1 Å². The number of nitrogens with two attached hydrogens (primary N) is 1. The molecule has 6 heteroatoms. The fraction of sp³-hybridized carbons (Fsp3) is 0.417. The normalized spacial score (nSPS) is 12.1. The van der Waals surface area contributed by atoms with Crippen LogP contribution in [0.25, 0.3) is 0 Å². The van der Waals surface area contributed by atoms with Gasteiger partial charge in [-0.2, -0.15) is 0 Å². The van der Waals surface area contributed by atoms with Crippen molar-refractivity contribution < 1.29 is 4.79 Å². The predicted molar refractivity (Wildman–Crippen MR) is 78.9 cm³/mol. The van der Waals surface area contributed by atoms with Crippen molar-refractivity contribution in [3.8, 4) is 0 Å². The van der Waals surface area contributed by atoms with Crippen LogP contribution in [0.1, 0.15) is 6.42 Å². The minimum Gasteiger partial charge on any atom is -0.380 e. The summed E-state index contributed by atoms with van der Waals surface area (Å²) in [5.41, 5.74) is 6.55. The molecule has 0 heterocycles. The van der Waals surface area contributed by atoms with Crippen LogP contribution in [0.2, 0.25) is 5.02 Å². The second-order valence-electron chi connectivity index (χ2n) is 4.20. The van der Waals surface area contributed by atoms with E-state index in [4.69, 9.17) is 17.3 Å². The van der Waals surface area contributed by atoms with E-state index >= 15 is 0 Å². The number of carbonyl (C=O) groups excluding carboxylic acids is 1. The lowest BCUT2D eigenvalue weighted by Gasteiger charge is -2.20. The Labute approximate surface area is 121 Å². The molecule has 18 heavy (non-hydrogen) atoms. The summed E-state index contributed by atoms with van der Waals surface area (Å²) in [7, 11) is 3.46. The van der Waals surface area contributed by atoms with E-state index in [0.717, 1.165) is 10.2 Å². The molecular formula is C12H17BrClN3O. The zero-order valence-electron chi connectivity index (χ0n) is 10.4. The van der Waals surface area contributed by atoms with Crippen LogP contribution >= 0.6 is 27.5 Å². The molecule has 0 aliphatic carbocycles. The van der Waals surface area contributed by atoms with Crippen molar-refractivity contribution in [1.82, 2.24) is 4.90 Å². The molecule has 0 aliphatic heterocycles. The van der Waals surface area contributed by atoms with E-state index in [1.807, 2.05) is 12.1 Å². The number of hydrogen-bond donors (Lipinski definition) is 2. The first kappa shape index (κ1) is 15.3. The molecule has 1 unspecified atom stereocenters. The summed E-state index contributed by atoms with van der Waals surface area (Å²) in [6.45, 7) is 0.389. The number of halogens is 2. The van der Waals surface area contributed by atoms with Gasteiger partial charge < -0.3 is 16.0 Å². The summed E-state index contributed by atoms with van der Waals surface area (Å²) in [6, 6.07) is 5.42. The number of amides is 1.